The molecule has 4 heteroatoms. The van der Waals surface area contributed by atoms with Crippen LogP contribution in [0.5, 0.6) is 5.75 Å². The SMILES string of the molecule is CCN(CC1CCC1)C(=O)C1CNc2ccccc2O1. The lowest BCUT2D eigenvalue weighted by molar-refractivity contribution is -0.139. The van der Waals surface area contributed by atoms with Gasteiger partial charge in [-0.05, 0) is 37.8 Å². The van der Waals surface area contributed by atoms with E-state index in [1.54, 1.807) is 0 Å². The van der Waals surface area contributed by atoms with Crippen molar-refractivity contribution in [1.82, 2.24) is 4.90 Å². The van der Waals surface area contributed by atoms with Crippen LogP contribution in [0.4, 0.5) is 5.69 Å². The van der Waals surface area contributed by atoms with Gasteiger partial charge in [0.05, 0.1) is 12.2 Å². The zero-order valence-electron chi connectivity index (χ0n) is 12.0. The monoisotopic (exact) mass is 274 g/mol. The number of carbonyl (C=O) groups is 1. The Morgan fingerprint density at radius 3 is 2.90 bits per heavy atom. The molecule has 3 rings (SSSR count). The van der Waals surface area contributed by atoms with Gasteiger partial charge in [-0.3, -0.25) is 4.79 Å². The molecular weight excluding hydrogens is 252 g/mol. The molecule has 108 valence electrons. The Morgan fingerprint density at radius 1 is 1.40 bits per heavy atom. The average molecular weight is 274 g/mol. The molecule has 0 radical (unpaired) electrons. The summed E-state index contributed by atoms with van der Waals surface area (Å²) in [4.78, 5) is 14.5. The number of nitrogens with zero attached hydrogens (tertiary/aromatic N) is 1. The molecule has 1 aliphatic carbocycles. The van der Waals surface area contributed by atoms with Crippen molar-refractivity contribution in [1.29, 1.82) is 0 Å². The normalized spacial score (nSPS) is 21.1. The van der Waals surface area contributed by atoms with E-state index in [1.807, 2.05) is 36.1 Å². The Morgan fingerprint density at radius 2 is 2.20 bits per heavy atom. The second-order valence-corrected chi connectivity index (χ2v) is 5.66. The quantitative estimate of drug-likeness (QED) is 0.917. The van der Waals surface area contributed by atoms with Crippen LogP contribution in [0.25, 0.3) is 0 Å². The second kappa shape index (κ2) is 5.73. The molecule has 20 heavy (non-hydrogen) atoms. The number of ether oxygens (including phenoxy) is 1. The van der Waals surface area contributed by atoms with E-state index in [1.165, 1.54) is 19.3 Å². The van der Waals surface area contributed by atoms with E-state index in [-0.39, 0.29) is 5.91 Å². The zero-order valence-corrected chi connectivity index (χ0v) is 12.0. The molecule has 1 N–H and O–H groups in total. The Hall–Kier alpha value is -1.71. The van der Waals surface area contributed by atoms with Crippen molar-refractivity contribution in [2.24, 2.45) is 5.92 Å². The highest BCUT2D eigenvalue weighted by Gasteiger charge is 2.31. The molecule has 0 spiro atoms. The molecule has 1 saturated carbocycles. The minimum absolute atomic E-state index is 0.112. The second-order valence-electron chi connectivity index (χ2n) is 5.66. The third-order valence-corrected chi connectivity index (χ3v) is 4.31. The fourth-order valence-corrected chi connectivity index (χ4v) is 2.82. The topological polar surface area (TPSA) is 41.6 Å². The van der Waals surface area contributed by atoms with E-state index in [4.69, 9.17) is 4.74 Å². The summed E-state index contributed by atoms with van der Waals surface area (Å²) >= 11 is 0. The molecule has 4 nitrogen and oxygen atoms in total. The van der Waals surface area contributed by atoms with E-state index in [2.05, 4.69) is 5.32 Å². The lowest BCUT2D eigenvalue weighted by atomic mass is 9.85. The van der Waals surface area contributed by atoms with Crippen LogP contribution >= 0.6 is 0 Å². The van der Waals surface area contributed by atoms with Crippen LogP contribution in [0.1, 0.15) is 26.2 Å². The third-order valence-electron chi connectivity index (χ3n) is 4.31. The average Bonchev–Trinajstić information content (AvgIpc) is 2.45. The predicted molar refractivity (Wildman–Crippen MR) is 78.9 cm³/mol. The van der Waals surface area contributed by atoms with Gasteiger partial charge in [0.25, 0.3) is 5.91 Å². The van der Waals surface area contributed by atoms with E-state index >= 15 is 0 Å². The van der Waals surface area contributed by atoms with E-state index in [0.29, 0.717) is 12.5 Å². The van der Waals surface area contributed by atoms with Crippen molar-refractivity contribution in [3.63, 3.8) is 0 Å². The number of rotatable bonds is 4. The van der Waals surface area contributed by atoms with Gasteiger partial charge in [-0.15, -0.1) is 0 Å². The van der Waals surface area contributed by atoms with Crippen molar-refractivity contribution >= 4 is 11.6 Å². The standard InChI is InChI=1S/C16H22N2O2/c1-2-18(11-12-6-5-7-12)16(19)15-10-17-13-8-3-4-9-14(13)20-15/h3-4,8-9,12,15,17H,2,5-7,10-11H2,1H3. The van der Waals surface area contributed by atoms with E-state index in [9.17, 15) is 4.79 Å². The fourth-order valence-electron chi connectivity index (χ4n) is 2.82. The smallest absolute Gasteiger partial charge is 0.265 e. The number of benzene rings is 1. The van der Waals surface area contributed by atoms with Gasteiger partial charge in [0.15, 0.2) is 6.10 Å². The van der Waals surface area contributed by atoms with Crippen LogP contribution < -0.4 is 10.1 Å². The van der Waals surface area contributed by atoms with Gasteiger partial charge in [-0.1, -0.05) is 18.6 Å². The molecule has 1 fully saturated rings. The summed E-state index contributed by atoms with van der Waals surface area (Å²) in [6.45, 7) is 4.24. The number of carbonyl (C=O) groups excluding carboxylic acids is 1. The van der Waals surface area contributed by atoms with Crippen LogP contribution in [-0.2, 0) is 4.79 Å². The summed E-state index contributed by atoms with van der Waals surface area (Å²) in [7, 11) is 0. The summed E-state index contributed by atoms with van der Waals surface area (Å²) in [5, 5.41) is 3.28. The van der Waals surface area contributed by atoms with Crippen molar-refractivity contribution < 1.29 is 9.53 Å². The van der Waals surface area contributed by atoms with Gasteiger partial charge in [-0.2, -0.15) is 0 Å². The highest BCUT2D eigenvalue weighted by Crippen LogP contribution is 2.30. The lowest BCUT2D eigenvalue weighted by Gasteiger charge is -2.35. The van der Waals surface area contributed by atoms with Crippen LogP contribution in [0.2, 0.25) is 0 Å². The van der Waals surface area contributed by atoms with E-state index < -0.39 is 6.10 Å². The number of likely N-dealkylation sites (N-methyl/N-ethyl adjacent to an activating group) is 1. The molecule has 1 unspecified atom stereocenters. The van der Waals surface area contributed by atoms with Crippen molar-refractivity contribution in [2.45, 2.75) is 32.3 Å². The molecule has 0 aromatic heterocycles. The van der Waals surface area contributed by atoms with Crippen LogP contribution in [0.15, 0.2) is 24.3 Å². The maximum atomic E-state index is 12.6. The number of nitrogens with one attached hydrogen (secondary N) is 1. The minimum Gasteiger partial charge on any atom is -0.477 e. The minimum atomic E-state index is -0.398. The first-order chi connectivity index (χ1) is 9.78. The maximum absolute atomic E-state index is 12.6. The molecule has 0 bridgehead atoms. The Labute approximate surface area is 120 Å². The van der Waals surface area contributed by atoms with Gasteiger partial charge in [0, 0.05) is 13.1 Å². The number of hydrogen-bond acceptors (Lipinski definition) is 3. The Balaban J connectivity index is 1.64. The molecule has 2 aliphatic rings. The molecule has 0 saturated heterocycles. The molecule has 1 atom stereocenters. The molecule has 1 aliphatic heterocycles. The molecule has 1 aromatic rings. The Bertz CT molecular complexity index is 485. The highest BCUT2D eigenvalue weighted by molar-refractivity contribution is 5.83. The van der Waals surface area contributed by atoms with Gasteiger partial charge in [0.2, 0.25) is 0 Å². The first kappa shape index (κ1) is 13.3. The molecule has 1 amide bonds. The number of fused-ring (bicyclic) bond motifs is 1. The highest BCUT2D eigenvalue weighted by atomic mass is 16.5. The predicted octanol–water partition coefficient (Wildman–Crippen LogP) is 2.51. The summed E-state index contributed by atoms with van der Waals surface area (Å²) < 4.78 is 5.86. The summed E-state index contributed by atoms with van der Waals surface area (Å²) in [6.07, 6.45) is 3.43. The van der Waals surface area contributed by atoms with Crippen LogP contribution in [0.3, 0.4) is 0 Å². The maximum Gasteiger partial charge on any atom is 0.265 e. The van der Waals surface area contributed by atoms with E-state index in [0.717, 1.165) is 24.5 Å². The molecular formula is C16H22N2O2. The Kier molecular flexibility index (Phi) is 3.81. The first-order valence-electron chi connectivity index (χ1n) is 7.56. The summed E-state index contributed by atoms with van der Waals surface area (Å²) in [5.41, 5.74) is 0.971. The lowest BCUT2D eigenvalue weighted by Crippen LogP contribution is -2.48. The fraction of sp³-hybridized carbons (Fsp3) is 0.562. The van der Waals surface area contributed by atoms with Gasteiger partial charge >= 0.3 is 0 Å². The molecule has 1 aromatic carbocycles. The number of amides is 1. The third kappa shape index (κ3) is 2.60. The molecule has 1 heterocycles. The van der Waals surface area contributed by atoms with Crippen molar-refractivity contribution in [3.8, 4) is 5.75 Å². The summed E-state index contributed by atoms with van der Waals surface area (Å²) in [5.74, 6) is 1.58. The van der Waals surface area contributed by atoms with Gasteiger partial charge in [0.1, 0.15) is 5.75 Å². The first-order valence-corrected chi connectivity index (χ1v) is 7.56. The van der Waals surface area contributed by atoms with Crippen molar-refractivity contribution in [3.05, 3.63) is 24.3 Å². The zero-order chi connectivity index (χ0) is 13.9. The van der Waals surface area contributed by atoms with Crippen LogP contribution in [0, 0.1) is 5.92 Å². The van der Waals surface area contributed by atoms with Crippen molar-refractivity contribution in [2.75, 3.05) is 25.0 Å². The number of hydrogen-bond donors (Lipinski definition) is 1. The largest absolute Gasteiger partial charge is 0.477 e. The number of para-hydroxylation sites is 2. The van der Waals surface area contributed by atoms with Gasteiger partial charge in [-0.25, -0.2) is 0 Å². The van der Waals surface area contributed by atoms with Crippen LogP contribution in [-0.4, -0.2) is 36.5 Å². The van der Waals surface area contributed by atoms with Gasteiger partial charge < -0.3 is 15.0 Å². The summed E-state index contributed by atoms with van der Waals surface area (Å²) in [6, 6.07) is 7.78. The number of anilines is 1.